The number of nitrogens with one attached hydrogen (secondary N) is 2. The zero-order valence-electron chi connectivity index (χ0n) is 14.4. The molecule has 6 heteroatoms. The Hall–Kier alpha value is -3.15. The van der Waals surface area contributed by atoms with Gasteiger partial charge in [-0.1, -0.05) is 54.6 Å². The van der Waals surface area contributed by atoms with Crippen LogP contribution in [0, 0.1) is 0 Å². The third-order valence-corrected chi connectivity index (χ3v) is 3.95. The second-order valence-electron chi connectivity index (χ2n) is 5.89. The Morgan fingerprint density at radius 2 is 1.65 bits per heavy atom. The zero-order chi connectivity index (χ0) is 18.8. The predicted molar refractivity (Wildman–Crippen MR) is 98.4 cm³/mol. The molecule has 3 N–H and O–H groups in total. The van der Waals surface area contributed by atoms with Crippen molar-refractivity contribution < 1.29 is 19.5 Å². The molecule has 0 aromatic heterocycles. The van der Waals surface area contributed by atoms with Gasteiger partial charge in [-0.15, -0.1) is 0 Å². The minimum absolute atomic E-state index is 0.00694. The highest BCUT2D eigenvalue weighted by atomic mass is 16.4. The number of rotatable bonds is 10. The van der Waals surface area contributed by atoms with Crippen LogP contribution in [0.25, 0.3) is 11.1 Å². The number of carboxylic acid groups (broad SMARTS) is 1. The van der Waals surface area contributed by atoms with E-state index in [0.717, 1.165) is 16.7 Å². The first-order valence-electron chi connectivity index (χ1n) is 8.43. The number of carboxylic acids is 1. The molecule has 0 saturated carbocycles. The maximum absolute atomic E-state index is 12.2. The van der Waals surface area contributed by atoms with Crippen molar-refractivity contribution in [2.75, 3.05) is 6.54 Å². The van der Waals surface area contributed by atoms with Gasteiger partial charge < -0.3 is 15.7 Å². The SMILES string of the molecule is O=CNC(Cc1ccc(-c2ccccc2)cc1)C(=O)NCCCC(=O)O. The maximum atomic E-state index is 12.2. The van der Waals surface area contributed by atoms with Crippen molar-refractivity contribution in [2.45, 2.75) is 25.3 Å². The Bertz CT molecular complexity index is 729. The molecule has 1 unspecified atom stereocenters. The Balaban J connectivity index is 1.95. The van der Waals surface area contributed by atoms with Gasteiger partial charge in [-0.25, -0.2) is 0 Å². The van der Waals surface area contributed by atoms with Crippen LogP contribution in [-0.4, -0.2) is 36.0 Å². The Kier molecular flexibility index (Phi) is 7.36. The van der Waals surface area contributed by atoms with Crippen molar-refractivity contribution in [2.24, 2.45) is 0 Å². The Morgan fingerprint density at radius 1 is 1.00 bits per heavy atom. The molecular weight excluding hydrogens is 332 g/mol. The van der Waals surface area contributed by atoms with Gasteiger partial charge in [-0.05, 0) is 23.1 Å². The molecule has 2 rings (SSSR count). The van der Waals surface area contributed by atoms with E-state index < -0.39 is 12.0 Å². The molecule has 0 radical (unpaired) electrons. The van der Waals surface area contributed by atoms with E-state index in [4.69, 9.17) is 5.11 Å². The Labute approximate surface area is 152 Å². The summed E-state index contributed by atoms with van der Waals surface area (Å²) in [6.07, 6.45) is 1.20. The van der Waals surface area contributed by atoms with E-state index in [1.807, 2.05) is 54.6 Å². The Morgan fingerprint density at radius 3 is 2.27 bits per heavy atom. The summed E-state index contributed by atoms with van der Waals surface area (Å²) in [7, 11) is 0. The standard InChI is InChI=1S/C20H22N2O4/c23-14-22-18(20(26)21-12-4-7-19(24)25)13-15-8-10-17(11-9-15)16-5-2-1-3-6-16/h1-3,5-6,8-11,14,18H,4,7,12-13H2,(H,21,26)(H,22,23)(H,24,25). The lowest BCUT2D eigenvalue weighted by atomic mass is 10.0. The predicted octanol–water partition coefficient (Wildman–Crippen LogP) is 1.99. The minimum atomic E-state index is -0.902. The summed E-state index contributed by atoms with van der Waals surface area (Å²) in [5.41, 5.74) is 3.11. The van der Waals surface area contributed by atoms with Gasteiger partial charge in [0.1, 0.15) is 6.04 Å². The highest BCUT2D eigenvalue weighted by Crippen LogP contribution is 2.19. The minimum Gasteiger partial charge on any atom is -0.481 e. The van der Waals surface area contributed by atoms with Crippen molar-refractivity contribution in [1.82, 2.24) is 10.6 Å². The fourth-order valence-corrected chi connectivity index (χ4v) is 2.58. The summed E-state index contributed by atoms with van der Waals surface area (Å²) in [6.45, 7) is 0.259. The maximum Gasteiger partial charge on any atom is 0.303 e. The molecular formula is C20H22N2O4. The van der Waals surface area contributed by atoms with Gasteiger partial charge >= 0.3 is 5.97 Å². The molecule has 0 bridgehead atoms. The molecule has 0 heterocycles. The lowest BCUT2D eigenvalue weighted by molar-refractivity contribution is -0.137. The number of aliphatic carboxylic acids is 1. The van der Waals surface area contributed by atoms with E-state index in [9.17, 15) is 14.4 Å². The summed E-state index contributed by atoms with van der Waals surface area (Å²) in [6, 6.07) is 17.1. The fourth-order valence-electron chi connectivity index (χ4n) is 2.58. The van der Waals surface area contributed by atoms with E-state index >= 15 is 0 Å². The van der Waals surface area contributed by atoms with Crippen LogP contribution in [0.4, 0.5) is 0 Å². The number of hydrogen-bond donors (Lipinski definition) is 3. The fraction of sp³-hybridized carbons (Fsp3) is 0.250. The van der Waals surface area contributed by atoms with Gasteiger partial charge in [0.2, 0.25) is 12.3 Å². The van der Waals surface area contributed by atoms with E-state index in [2.05, 4.69) is 10.6 Å². The number of amides is 2. The van der Waals surface area contributed by atoms with E-state index in [1.54, 1.807) is 0 Å². The first kappa shape index (κ1) is 19.2. The van der Waals surface area contributed by atoms with Crippen molar-refractivity contribution in [3.05, 3.63) is 60.2 Å². The molecule has 0 aliphatic carbocycles. The first-order valence-corrected chi connectivity index (χ1v) is 8.43. The monoisotopic (exact) mass is 354 g/mol. The van der Waals surface area contributed by atoms with Crippen LogP contribution in [0.2, 0.25) is 0 Å². The molecule has 0 saturated heterocycles. The number of hydrogen-bond acceptors (Lipinski definition) is 3. The largest absolute Gasteiger partial charge is 0.481 e. The number of carbonyl (C=O) groups is 3. The quantitative estimate of drug-likeness (QED) is 0.449. The van der Waals surface area contributed by atoms with Crippen LogP contribution in [0.3, 0.4) is 0 Å². The van der Waals surface area contributed by atoms with Gasteiger partial charge in [0.25, 0.3) is 0 Å². The lowest BCUT2D eigenvalue weighted by Crippen LogP contribution is -2.45. The molecule has 6 nitrogen and oxygen atoms in total. The second kappa shape index (κ2) is 9.98. The van der Waals surface area contributed by atoms with Crippen LogP contribution in [0.5, 0.6) is 0 Å². The summed E-state index contributed by atoms with van der Waals surface area (Å²) in [5.74, 6) is -1.23. The first-order chi connectivity index (χ1) is 12.6. The molecule has 0 aliphatic rings. The van der Waals surface area contributed by atoms with E-state index in [1.165, 1.54) is 0 Å². The van der Waals surface area contributed by atoms with Gasteiger partial charge in [-0.2, -0.15) is 0 Å². The number of carbonyl (C=O) groups excluding carboxylic acids is 2. The molecule has 2 amide bonds. The molecule has 0 fully saturated rings. The number of benzene rings is 2. The summed E-state index contributed by atoms with van der Waals surface area (Å²) < 4.78 is 0. The topological polar surface area (TPSA) is 95.5 Å². The van der Waals surface area contributed by atoms with Crippen molar-refractivity contribution in [3.8, 4) is 11.1 Å². The van der Waals surface area contributed by atoms with Gasteiger partial charge in [0.15, 0.2) is 0 Å². The molecule has 2 aromatic carbocycles. The van der Waals surface area contributed by atoms with Crippen LogP contribution < -0.4 is 10.6 Å². The van der Waals surface area contributed by atoms with Crippen LogP contribution in [0.1, 0.15) is 18.4 Å². The van der Waals surface area contributed by atoms with Crippen LogP contribution in [0.15, 0.2) is 54.6 Å². The van der Waals surface area contributed by atoms with Gasteiger partial charge in [0.05, 0.1) is 0 Å². The van der Waals surface area contributed by atoms with Crippen molar-refractivity contribution in [3.63, 3.8) is 0 Å². The average Bonchev–Trinajstić information content (AvgIpc) is 2.66. The summed E-state index contributed by atoms with van der Waals surface area (Å²) in [4.78, 5) is 33.5. The zero-order valence-corrected chi connectivity index (χ0v) is 14.4. The average molecular weight is 354 g/mol. The van der Waals surface area contributed by atoms with Crippen molar-refractivity contribution >= 4 is 18.3 Å². The molecule has 0 spiro atoms. The molecule has 2 aromatic rings. The van der Waals surface area contributed by atoms with Gasteiger partial charge in [0, 0.05) is 19.4 Å². The second-order valence-corrected chi connectivity index (χ2v) is 5.89. The molecule has 136 valence electrons. The molecule has 1 atom stereocenters. The third kappa shape index (κ3) is 6.05. The highest BCUT2D eigenvalue weighted by Gasteiger charge is 2.17. The van der Waals surface area contributed by atoms with Crippen LogP contribution >= 0.6 is 0 Å². The van der Waals surface area contributed by atoms with Crippen molar-refractivity contribution in [1.29, 1.82) is 0 Å². The highest BCUT2D eigenvalue weighted by molar-refractivity contribution is 5.84. The molecule has 0 aliphatic heterocycles. The summed E-state index contributed by atoms with van der Waals surface area (Å²) in [5, 5.41) is 13.8. The lowest BCUT2D eigenvalue weighted by Gasteiger charge is -2.16. The van der Waals surface area contributed by atoms with E-state index in [0.29, 0.717) is 19.3 Å². The third-order valence-electron chi connectivity index (χ3n) is 3.95. The summed E-state index contributed by atoms with van der Waals surface area (Å²) >= 11 is 0. The molecule has 26 heavy (non-hydrogen) atoms. The smallest absolute Gasteiger partial charge is 0.303 e. The normalized spacial score (nSPS) is 11.4. The van der Waals surface area contributed by atoms with Gasteiger partial charge in [-0.3, -0.25) is 14.4 Å². The van der Waals surface area contributed by atoms with E-state index in [-0.39, 0.29) is 18.9 Å². The van der Waals surface area contributed by atoms with Crippen LogP contribution in [-0.2, 0) is 20.8 Å².